The molecule has 3 heterocycles. The monoisotopic (exact) mass is 399 g/mol. The van der Waals surface area contributed by atoms with Crippen LogP contribution in [0.25, 0.3) is 0 Å². The number of allylic oxidation sites excluding steroid dienone is 1. The van der Waals surface area contributed by atoms with Gasteiger partial charge < -0.3 is 9.80 Å². The zero-order valence-electron chi connectivity index (χ0n) is 16.4. The van der Waals surface area contributed by atoms with E-state index < -0.39 is 5.92 Å². The number of carbonyl (C=O) groups excluding carboxylic acids is 2. The molecular weight excluding hydrogens is 370 g/mol. The first-order chi connectivity index (χ1) is 13.7. The molecule has 0 radical (unpaired) electrons. The van der Waals surface area contributed by atoms with Gasteiger partial charge in [-0.2, -0.15) is 0 Å². The van der Waals surface area contributed by atoms with E-state index >= 15 is 0 Å². The number of nitrogens with zero attached hydrogens (tertiary/aromatic N) is 3. The molecule has 1 aromatic rings. The number of thiophene rings is 1. The third-order valence-electron chi connectivity index (χ3n) is 6.12. The first-order valence-corrected chi connectivity index (χ1v) is 11.4. The van der Waals surface area contributed by atoms with E-state index in [2.05, 4.69) is 9.89 Å². The molecule has 1 saturated carbocycles. The van der Waals surface area contributed by atoms with Crippen LogP contribution in [-0.4, -0.2) is 60.0 Å². The second-order valence-electron chi connectivity index (χ2n) is 8.13. The van der Waals surface area contributed by atoms with Crippen LogP contribution in [-0.2, 0) is 9.59 Å². The van der Waals surface area contributed by atoms with Crippen molar-refractivity contribution in [3.8, 4) is 0 Å². The standard InChI is InChI=1S/C22H29N3O2S/c26-21-18(9-10-19(23-21)20-8-4-15-28-20)22(27)25-12-5-11-24(13-14-25)16-17-6-2-1-3-7-17/h4,8-10,15,17-18H,1-3,5-7,11-14,16H2. The van der Waals surface area contributed by atoms with Crippen molar-refractivity contribution < 1.29 is 9.59 Å². The van der Waals surface area contributed by atoms with Crippen molar-refractivity contribution in [3.63, 3.8) is 0 Å². The number of carbonyl (C=O) groups is 2. The second kappa shape index (κ2) is 9.14. The van der Waals surface area contributed by atoms with Crippen LogP contribution < -0.4 is 0 Å². The topological polar surface area (TPSA) is 53.0 Å². The Morgan fingerprint density at radius 3 is 2.71 bits per heavy atom. The molecule has 0 N–H and O–H groups in total. The SMILES string of the molecule is O=C1N=C(c2cccs2)C=CC1C(=O)N1CCCN(CC2CCCCC2)CC1. The zero-order chi connectivity index (χ0) is 19.3. The smallest absolute Gasteiger partial charge is 0.262 e. The maximum Gasteiger partial charge on any atom is 0.262 e. The van der Waals surface area contributed by atoms with E-state index in [1.54, 1.807) is 17.4 Å². The Labute approximate surface area is 171 Å². The molecule has 4 rings (SSSR count). The predicted molar refractivity (Wildman–Crippen MR) is 113 cm³/mol. The molecule has 2 fully saturated rings. The van der Waals surface area contributed by atoms with Crippen molar-refractivity contribution in [1.29, 1.82) is 0 Å². The lowest BCUT2D eigenvalue weighted by molar-refractivity contribution is -0.138. The maximum absolute atomic E-state index is 13.0. The van der Waals surface area contributed by atoms with E-state index in [0.29, 0.717) is 12.3 Å². The first-order valence-electron chi connectivity index (χ1n) is 10.6. The lowest BCUT2D eigenvalue weighted by Gasteiger charge is -2.29. The second-order valence-corrected chi connectivity index (χ2v) is 9.08. The highest BCUT2D eigenvalue weighted by molar-refractivity contribution is 7.12. The number of amides is 2. The van der Waals surface area contributed by atoms with Gasteiger partial charge in [-0.05, 0) is 49.2 Å². The molecule has 1 saturated heterocycles. The average molecular weight is 400 g/mol. The van der Waals surface area contributed by atoms with Crippen molar-refractivity contribution in [3.05, 3.63) is 34.5 Å². The minimum atomic E-state index is -0.756. The minimum Gasteiger partial charge on any atom is -0.340 e. The van der Waals surface area contributed by atoms with Gasteiger partial charge >= 0.3 is 0 Å². The highest BCUT2D eigenvalue weighted by Crippen LogP contribution is 2.25. The fourth-order valence-electron chi connectivity index (χ4n) is 4.55. The van der Waals surface area contributed by atoms with E-state index in [4.69, 9.17) is 0 Å². The summed E-state index contributed by atoms with van der Waals surface area (Å²) in [5.41, 5.74) is 0.665. The molecule has 1 aliphatic carbocycles. The Balaban J connectivity index is 1.32. The summed E-state index contributed by atoms with van der Waals surface area (Å²) in [6.45, 7) is 4.58. The molecule has 3 aliphatic rings. The third-order valence-corrected chi connectivity index (χ3v) is 7.02. The Bertz CT molecular complexity index is 750. The summed E-state index contributed by atoms with van der Waals surface area (Å²) in [6.07, 6.45) is 11.4. The lowest BCUT2D eigenvalue weighted by atomic mass is 9.89. The molecule has 1 aromatic heterocycles. The molecule has 0 spiro atoms. The normalized spacial score (nSPS) is 24.9. The quantitative estimate of drug-likeness (QED) is 0.730. The van der Waals surface area contributed by atoms with Gasteiger partial charge in [0.05, 0.1) is 10.6 Å². The molecule has 0 bridgehead atoms. The van der Waals surface area contributed by atoms with Crippen LogP contribution >= 0.6 is 11.3 Å². The first kappa shape index (κ1) is 19.5. The largest absolute Gasteiger partial charge is 0.340 e. The summed E-state index contributed by atoms with van der Waals surface area (Å²) in [5, 5.41) is 1.96. The van der Waals surface area contributed by atoms with Crippen molar-refractivity contribution >= 4 is 28.9 Å². The Hall–Kier alpha value is -1.79. The van der Waals surface area contributed by atoms with Crippen LogP contribution in [0.1, 0.15) is 43.4 Å². The zero-order valence-corrected chi connectivity index (χ0v) is 17.2. The lowest BCUT2D eigenvalue weighted by Crippen LogP contribution is -2.41. The van der Waals surface area contributed by atoms with Gasteiger partial charge in [0.2, 0.25) is 5.91 Å². The molecule has 0 aromatic carbocycles. The van der Waals surface area contributed by atoms with E-state index in [-0.39, 0.29) is 11.8 Å². The molecule has 6 heteroatoms. The van der Waals surface area contributed by atoms with Crippen molar-refractivity contribution in [1.82, 2.24) is 9.80 Å². The number of hydrogen-bond donors (Lipinski definition) is 0. The van der Waals surface area contributed by atoms with Gasteiger partial charge in [0.25, 0.3) is 5.91 Å². The Morgan fingerprint density at radius 2 is 1.96 bits per heavy atom. The van der Waals surface area contributed by atoms with E-state index in [1.165, 1.54) is 38.6 Å². The number of hydrogen-bond acceptors (Lipinski definition) is 4. The summed E-state index contributed by atoms with van der Waals surface area (Å²) < 4.78 is 0. The van der Waals surface area contributed by atoms with Crippen LogP contribution in [0.15, 0.2) is 34.7 Å². The van der Waals surface area contributed by atoms with E-state index in [0.717, 1.165) is 36.9 Å². The fraction of sp³-hybridized carbons (Fsp3) is 0.591. The molecular formula is C22H29N3O2S. The van der Waals surface area contributed by atoms with Crippen LogP contribution in [0.4, 0.5) is 0 Å². The van der Waals surface area contributed by atoms with Crippen LogP contribution in [0.5, 0.6) is 0 Å². The molecule has 5 nitrogen and oxygen atoms in total. The van der Waals surface area contributed by atoms with Crippen LogP contribution in [0.3, 0.4) is 0 Å². The maximum atomic E-state index is 13.0. The highest BCUT2D eigenvalue weighted by Gasteiger charge is 2.32. The van der Waals surface area contributed by atoms with Gasteiger partial charge in [0.15, 0.2) is 0 Å². The van der Waals surface area contributed by atoms with Crippen molar-refractivity contribution in [2.24, 2.45) is 16.8 Å². The predicted octanol–water partition coefficient (Wildman–Crippen LogP) is 3.36. The van der Waals surface area contributed by atoms with E-state index in [1.807, 2.05) is 28.5 Å². The van der Waals surface area contributed by atoms with Crippen molar-refractivity contribution in [2.45, 2.75) is 38.5 Å². The van der Waals surface area contributed by atoms with Crippen LogP contribution in [0, 0.1) is 11.8 Å². The van der Waals surface area contributed by atoms with Crippen molar-refractivity contribution in [2.75, 3.05) is 32.7 Å². The highest BCUT2D eigenvalue weighted by atomic mass is 32.1. The molecule has 2 aliphatic heterocycles. The number of rotatable bonds is 4. The summed E-state index contributed by atoms with van der Waals surface area (Å²) in [6, 6.07) is 3.88. The van der Waals surface area contributed by atoms with Gasteiger partial charge in [-0.3, -0.25) is 9.59 Å². The van der Waals surface area contributed by atoms with Gasteiger partial charge in [-0.15, -0.1) is 11.3 Å². The molecule has 2 amide bonds. The number of aliphatic imine (C=N–C) groups is 1. The Morgan fingerprint density at radius 1 is 1.11 bits per heavy atom. The van der Waals surface area contributed by atoms with Crippen LogP contribution in [0.2, 0.25) is 0 Å². The molecule has 28 heavy (non-hydrogen) atoms. The van der Waals surface area contributed by atoms with E-state index in [9.17, 15) is 9.59 Å². The van der Waals surface area contributed by atoms with Gasteiger partial charge in [0, 0.05) is 26.2 Å². The summed E-state index contributed by atoms with van der Waals surface area (Å²) in [5.74, 6) is -0.355. The number of dihydropyridines is 1. The molecule has 1 unspecified atom stereocenters. The minimum absolute atomic E-state index is 0.0882. The summed E-state index contributed by atoms with van der Waals surface area (Å²) in [4.78, 5) is 35.0. The average Bonchev–Trinajstić information content (AvgIpc) is 3.16. The summed E-state index contributed by atoms with van der Waals surface area (Å²) in [7, 11) is 0. The van der Waals surface area contributed by atoms with Gasteiger partial charge in [-0.1, -0.05) is 31.4 Å². The summed E-state index contributed by atoms with van der Waals surface area (Å²) >= 11 is 1.55. The Kier molecular flexibility index (Phi) is 6.37. The van der Waals surface area contributed by atoms with Gasteiger partial charge in [-0.25, -0.2) is 4.99 Å². The third kappa shape index (κ3) is 4.61. The molecule has 1 atom stereocenters. The fourth-order valence-corrected chi connectivity index (χ4v) is 5.25. The van der Waals surface area contributed by atoms with Gasteiger partial charge in [0.1, 0.15) is 5.92 Å². The molecule has 150 valence electrons.